The van der Waals surface area contributed by atoms with Gasteiger partial charge in [0.25, 0.3) is 0 Å². The van der Waals surface area contributed by atoms with Crippen LogP contribution in [0, 0.1) is 0 Å². The first-order valence-corrected chi connectivity index (χ1v) is 6.47. The summed E-state index contributed by atoms with van der Waals surface area (Å²) in [5, 5.41) is 0. The van der Waals surface area contributed by atoms with Gasteiger partial charge in [-0.2, -0.15) is 0 Å². The fourth-order valence-electron chi connectivity index (χ4n) is 2.11. The lowest BCUT2D eigenvalue weighted by Gasteiger charge is -2.30. The van der Waals surface area contributed by atoms with E-state index in [4.69, 9.17) is 4.74 Å². The van der Waals surface area contributed by atoms with Gasteiger partial charge in [0, 0.05) is 6.42 Å². The highest BCUT2D eigenvalue weighted by Crippen LogP contribution is 2.31. The van der Waals surface area contributed by atoms with Gasteiger partial charge >= 0.3 is 18.0 Å². The summed E-state index contributed by atoms with van der Waals surface area (Å²) >= 11 is 0. The summed E-state index contributed by atoms with van der Waals surface area (Å²) in [6, 6.07) is -1.99. The van der Waals surface area contributed by atoms with E-state index in [1.54, 1.807) is 20.8 Å². The van der Waals surface area contributed by atoms with E-state index in [-0.39, 0.29) is 6.42 Å². The molecule has 1 heterocycles. The Kier molecular flexibility index (Phi) is 4.98. The smallest absolute Gasteiger partial charge is 0.412 e. The number of carbonyl (C=O) groups excluding carboxylic acids is 3. The molecule has 0 N–H and O–H groups in total. The van der Waals surface area contributed by atoms with Crippen LogP contribution in [0.4, 0.5) is 4.79 Å². The summed E-state index contributed by atoms with van der Waals surface area (Å²) in [5.41, 5.74) is -0.356. The maximum absolute atomic E-state index is 12.3. The third kappa shape index (κ3) is 3.74. The molecule has 0 aromatic heterocycles. The first-order chi connectivity index (χ1) is 9.62. The highest BCUT2D eigenvalue weighted by atomic mass is 16.6. The molecule has 1 fully saturated rings. The molecule has 118 valence electrons. The van der Waals surface area contributed by atoms with Gasteiger partial charge in [0.2, 0.25) is 0 Å². The van der Waals surface area contributed by atoms with Crippen molar-refractivity contribution in [1.29, 1.82) is 0 Å². The molecule has 21 heavy (non-hydrogen) atoms. The van der Waals surface area contributed by atoms with Gasteiger partial charge in [0.05, 0.1) is 14.2 Å². The average Bonchev–Trinajstić information content (AvgIpc) is 2.72. The summed E-state index contributed by atoms with van der Waals surface area (Å²) in [6.07, 6.45) is -0.655. The molecule has 0 spiro atoms. The van der Waals surface area contributed by atoms with Crippen LogP contribution in [0.5, 0.6) is 0 Å². The molecule has 0 radical (unpaired) electrons. The molecule has 0 saturated carbocycles. The van der Waals surface area contributed by atoms with E-state index in [0.717, 1.165) is 4.90 Å². The van der Waals surface area contributed by atoms with E-state index in [2.05, 4.69) is 16.1 Å². The minimum Gasteiger partial charge on any atom is -0.467 e. The van der Waals surface area contributed by atoms with Crippen LogP contribution in [-0.4, -0.2) is 54.8 Å². The number of hydrogen-bond donors (Lipinski definition) is 0. The van der Waals surface area contributed by atoms with Crippen molar-refractivity contribution in [2.75, 3.05) is 14.2 Å². The van der Waals surface area contributed by atoms with Crippen LogP contribution in [-0.2, 0) is 23.8 Å². The maximum Gasteiger partial charge on any atom is 0.412 e. The fraction of sp³-hybridized carbons (Fsp3) is 0.643. The standard InChI is InChI=1S/C14H21NO6/c1-8-7-9(11(16)19-5)15(10(8)12(17)20-6)13(18)21-14(2,3)4/h9-10H,1,7H2,2-6H3/t9-,10+/m1/s1. The van der Waals surface area contributed by atoms with Crippen molar-refractivity contribution in [2.45, 2.75) is 44.9 Å². The Labute approximate surface area is 123 Å². The quantitative estimate of drug-likeness (QED) is 0.434. The van der Waals surface area contributed by atoms with Crippen molar-refractivity contribution < 1.29 is 28.6 Å². The van der Waals surface area contributed by atoms with Crippen LogP contribution in [0.15, 0.2) is 12.2 Å². The summed E-state index contributed by atoms with van der Waals surface area (Å²) in [7, 11) is 2.41. The van der Waals surface area contributed by atoms with Crippen LogP contribution < -0.4 is 0 Å². The molecule has 0 aromatic rings. The topological polar surface area (TPSA) is 82.1 Å². The minimum atomic E-state index is -1.05. The van der Waals surface area contributed by atoms with E-state index in [1.807, 2.05) is 0 Å². The van der Waals surface area contributed by atoms with Gasteiger partial charge < -0.3 is 14.2 Å². The molecule has 0 aliphatic carbocycles. The Balaban J connectivity index is 3.13. The maximum atomic E-state index is 12.3. The van der Waals surface area contributed by atoms with Gasteiger partial charge in [-0.1, -0.05) is 6.58 Å². The van der Waals surface area contributed by atoms with Gasteiger partial charge in [0.15, 0.2) is 6.04 Å². The van der Waals surface area contributed by atoms with Crippen LogP contribution in [0.25, 0.3) is 0 Å². The number of rotatable bonds is 2. The minimum absolute atomic E-state index is 0.131. The van der Waals surface area contributed by atoms with E-state index >= 15 is 0 Å². The molecule has 0 bridgehead atoms. The van der Waals surface area contributed by atoms with E-state index in [9.17, 15) is 14.4 Å². The van der Waals surface area contributed by atoms with Gasteiger partial charge in [-0.05, 0) is 26.3 Å². The predicted octanol–water partition coefficient (Wildman–Crippen LogP) is 1.27. The van der Waals surface area contributed by atoms with E-state index < -0.39 is 35.7 Å². The van der Waals surface area contributed by atoms with Crippen LogP contribution >= 0.6 is 0 Å². The lowest BCUT2D eigenvalue weighted by Crippen LogP contribution is -2.50. The zero-order valence-electron chi connectivity index (χ0n) is 13.0. The first-order valence-electron chi connectivity index (χ1n) is 6.47. The van der Waals surface area contributed by atoms with Crippen molar-refractivity contribution in [3.05, 3.63) is 12.2 Å². The fourth-order valence-corrected chi connectivity index (χ4v) is 2.11. The van der Waals surface area contributed by atoms with Gasteiger partial charge in [-0.3, -0.25) is 4.90 Å². The summed E-state index contributed by atoms with van der Waals surface area (Å²) in [4.78, 5) is 37.1. The SMILES string of the molecule is C=C1C[C@H](C(=O)OC)N(C(=O)OC(C)(C)C)[C@@H]1C(=O)OC. The average molecular weight is 299 g/mol. The molecule has 2 atom stereocenters. The Morgan fingerprint density at radius 1 is 1.14 bits per heavy atom. The highest BCUT2D eigenvalue weighted by Gasteiger charge is 2.49. The Hall–Kier alpha value is -2.05. The molecule has 7 nitrogen and oxygen atoms in total. The molecule has 0 unspecified atom stereocenters. The summed E-state index contributed by atoms with van der Waals surface area (Å²) < 4.78 is 14.6. The number of esters is 2. The number of nitrogens with zero attached hydrogens (tertiary/aromatic N) is 1. The lowest BCUT2D eigenvalue weighted by atomic mass is 10.1. The van der Waals surface area contributed by atoms with Crippen molar-refractivity contribution in [2.24, 2.45) is 0 Å². The third-order valence-electron chi connectivity index (χ3n) is 2.96. The van der Waals surface area contributed by atoms with E-state index in [0.29, 0.717) is 5.57 Å². The van der Waals surface area contributed by atoms with Crippen molar-refractivity contribution >= 4 is 18.0 Å². The molecule has 1 amide bonds. The summed E-state index contributed by atoms with van der Waals surface area (Å²) in [5.74, 6) is -1.30. The van der Waals surface area contributed by atoms with E-state index in [1.165, 1.54) is 14.2 Å². The number of hydrogen-bond acceptors (Lipinski definition) is 6. The molecule has 7 heteroatoms. The molecular formula is C14H21NO6. The molecule has 0 aromatic carbocycles. The predicted molar refractivity (Wildman–Crippen MR) is 73.4 cm³/mol. The molecule has 1 saturated heterocycles. The van der Waals surface area contributed by atoms with Crippen molar-refractivity contribution in [3.63, 3.8) is 0 Å². The molecule has 1 aliphatic rings. The normalized spacial score (nSPS) is 22.0. The van der Waals surface area contributed by atoms with Gasteiger partial charge in [0.1, 0.15) is 11.6 Å². The second kappa shape index (κ2) is 6.15. The lowest BCUT2D eigenvalue weighted by molar-refractivity contribution is -0.150. The number of amides is 1. The highest BCUT2D eigenvalue weighted by molar-refractivity contribution is 5.91. The zero-order chi connectivity index (χ0) is 16.4. The molecule has 1 rings (SSSR count). The molecular weight excluding hydrogens is 278 g/mol. The Morgan fingerprint density at radius 3 is 2.10 bits per heavy atom. The summed E-state index contributed by atoms with van der Waals surface area (Å²) in [6.45, 7) is 8.81. The first kappa shape index (κ1) is 17.0. The Bertz CT molecular complexity index is 465. The van der Waals surface area contributed by atoms with Crippen molar-refractivity contribution in [3.8, 4) is 0 Å². The number of ether oxygens (including phenoxy) is 3. The second-order valence-electron chi connectivity index (χ2n) is 5.71. The largest absolute Gasteiger partial charge is 0.467 e. The zero-order valence-corrected chi connectivity index (χ0v) is 13.0. The van der Waals surface area contributed by atoms with Crippen molar-refractivity contribution in [1.82, 2.24) is 4.90 Å². The third-order valence-corrected chi connectivity index (χ3v) is 2.96. The number of likely N-dealkylation sites (tertiary alicyclic amines) is 1. The number of methoxy groups -OCH3 is 2. The molecule has 1 aliphatic heterocycles. The number of carbonyl (C=O) groups is 3. The van der Waals surface area contributed by atoms with Gasteiger partial charge in [-0.25, -0.2) is 14.4 Å². The second-order valence-corrected chi connectivity index (χ2v) is 5.71. The van der Waals surface area contributed by atoms with Crippen LogP contribution in [0.3, 0.4) is 0 Å². The van der Waals surface area contributed by atoms with Crippen LogP contribution in [0.2, 0.25) is 0 Å². The van der Waals surface area contributed by atoms with Crippen LogP contribution in [0.1, 0.15) is 27.2 Å². The Morgan fingerprint density at radius 2 is 1.67 bits per heavy atom. The monoisotopic (exact) mass is 299 g/mol. The van der Waals surface area contributed by atoms with Gasteiger partial charge in [-0.15, -0.1) is 0 Å².